The minimum Gasteiger partial charge on any atom is -0.403 e. The lowest BCUT2D eigenvalue weighted by Gasteiger charge is -2.32. The highest BCUT2D eigenvalue weighted by molar-refractivity contribution is 6.45. The molecule has 1 aliphatic rings. The van der Waals surface area contributed by atoms with Crippen molar-refractivity contribution in [1.29, 1.82) is 0 Å². The van der Waals surface area contributed by atoms with E-state index in [2.05, 4.69) is 53.6 Å². The molecule has 0 N–H and O–H groups in total. The van der Waals surface area contributed by atoms with Crippen molar-refractivity contribution in [3.8, 4) is 0 Å². The van der Waals surface area contributed by atoms with E-state index in [0.717, 1.165) is 12.7 Å². The van der Waals surface area contributed by atoms with Crippen LogP contribution in [0.1, 0.15) is 54.9 Å². The summed E-state index contributed by atoms with van der Waals surface area (Å²) >= 11 is 0. The Kier molecular flexibility index (Phi) is 5.90. The molecule has 0 bridgehead atoms. The highest BCUT2D eigenvalue weighted by Crippen LogP contribution is 2.39. The molecule has 1 fully saturated rings. The lowest BCUT2D eigenvalue weighted by Crippen LogP contribution is -2.41. The van der Waals surface area contributed by atoms with Crippen molar-refractivity contribution in [3.05, 3.63) is 0 Å². The van der Waals surface area contributed by atoms with E-state index < -0.39 is 0 Å². The van der Waals surface area contributed by atoms with E-state index in [1.165, 1.54) is 5.71 Å². The highest BCUT2D eigenvalue weighted by Gasteiger charge is 2.51. The van der Waals surface area contributed by atoms with Crippen LogP contribution in [-0.4, -0.2) is 43.1 Å². The Morgan fingerprint density at radius 2 is 1.57 bits per heavy atom. The van der Waals surface area contributed by atoms with Gasteiger partial charge in [0.2, 0.25) is 0 Å². The zero-order valence-electron chi connectivity index (χ0n) is 15.4. The van der Waals surface area contributed by atoms with Gasteiger partial charge in [0.25, 0.3) is 0 Å². The third kappa shape index (κ3) is 4.46. The maximum absolute atomic E-state index is 6.11. The Labute approximate surface area is 131 Å². The van der Waals surface area contributed by atoms with E-state index in [0.29, 0.717) is 11.8 Å². The summed E-state index contributed by atoms with van der Waals surface area (Å²) in [5, 5.41) is 6.50. The van der Waals surface area contributed by atoms with Crippen molar-refractivity contribution in [2.24, 2.45) is 16.9 Å². The Hall–Kier alpha value is -0.545. The van der Waals surface area contributed by atoms with Gasteiger partial charge in [-0.3, -0.25) is 0 Å². The summed E-state index contributed by atoms with van der Waals surface area (Å²) in [7, 11) is 3.83. The van der Waals surface area contributed by atoms with Crippen molar-refractivity contribution in [2.75, 3.05) is 14.1 Å². The molecule has 1 rings (SSSR count). The summed E-state index contributed by atoms with van der Waals surface area (Å²) in [5.41, 5.74) is 0.752. The van der Waals surface area contributed by atoms with Crippen molar-refractivity contribution < 1.29 is 9.31 Å². The molecular formula is C16H33BN2O2. The third-order valence-corrected chi connectivity index (χ3v) is 4.94. The first-order chi connectivity index (χ1) is 9.50. The lowest BCUT2D eigenvalue weighted by molar-refractivity contribution is 0.00578. The second-order valence-electron chi connectivity index (χ2n) is 7.48. The molecule has 1 aliphatic heterocycles. The molecule has 4 nitrogen and oxygen atoms in total. The zero-order chi connectivity index (χ0) is 16.4. The van der Waals surface area contributed by atoms with Gasteiger partial charge in [0.1, 0.15) is 0 Å². The van der Waals surface area contributed by atoms with Crippen molar-refractivity contribution >= 4 is 12.8 Å². The fourth-order valence-corrected chi connectivity index (χ4v) is 2.64. The predicted octanol–water partition coefficient (Wildman–Crippen LogP) is 3.68. The quantitative estimate of drug-likeness (QED) is 0.426. The van der Waals surface area contributed by atoms with E-state index in [1.807, 2.05) is 19.1 Å². The van der Waals surface area contributed by atoms with Gasteiger partial charge < -0.3 is 14.3 Å². The van der Waals surface area contributed by atoms with Crippen LogP contribution in [0.5, 0.6) is 0 Å². The number of hydrogen-bond donors (Lipinski definition) is 0. The molecule has 21 heavy (non-hydrogen) atoms. The van der Waals surface area contributed by atoms with E-state index in [-0.39, 0.29) is 18.3 Å². The fraction of sp³-hybridized carbons (Fsp3) is 0.938. The van der Waals surface area contributed by atoms with Crippen LogP contribution in [0, 0.1) is 11.8 Å². The minimum atomic E-state index is -0.244. The van der Waals surface area contributed by atoms with Gasteiger partial charge in [-0.05, 0) is 52.3 Å². The van der Waals surface area contributed by atoms with Gasteiger partial charge in [0.05, 0.1) is 11.2 Å². The van der Waals surface area contributed by atoms with Crippen LogP contribution in [0.4, 0.5) is 0 Å². The molecule has 5 heteroatoms. The summed E-state index contributed by atoms with van der Waals surface area (Å²) in [6, 6.07) is 0. The molecule has 0 saturated carbocycles. The minimum absolute atomic E-state index is 0.120. The largest absolute Gasteiger partial charge is 0.458 e. The third-order valence-electron chi connectivity index (χ3n) is 4.94. The Bertz CT molecular complexity index is 364. The van der Waals surface area contributed by atoms with Gasteiger partial charge in [-0.25, -0.2) is 0 Å². The molecule has 1 saturated heterocycles. The van der Waals surface area contributed by atoms with Gasteiger partial charge in [-0.2, -0.15) is 5.10 Å². The zero-order valence-corrected chi connectivity index (χ0v) is 15.4. The van der Waals surface area contributed by atoms with Gasteiger partial charge in [-0.15, -0.1) is 0 Å². The first-order valence-electron chi connectivity index (χ1n) is 8.10. The maximum Gasteiger partial charge on any atom is 0.458 e. The van der Waals surface area contributed by atoms with E-state index in [9.17, 15) is 0 Å². The molecule has 0 aromatic rings. The molecule has 0 amide bonds. The molecular weight excluding hydrogens is 263 g/mol. The van der Waals surface area contributed by atoms with Gasteiger partial charge in [0, 0.05) is 19.8 Å². The standard InChI is InChI=1S/C16H33BN2O2/c1-10-14(18-19(8)9)13(3)12(2)11-17-20-15(4,5)16(6,7)21-17/h12-13H,10-11H2,1-9H3/b18-14+/t12-,13-/m1/s1. The summed E-state index contributed by atoms with van der Waals surface area (Å²) in [6.07, 6.45) is 1.88. The highest BCUT2D eigenvalue weighted by atomic mass is 16.7. The van der Waals surface area contributed by atoms with Crippen molar-refractivity contribution in [3.63, 3.8) is 0 Å². The second kappa shape index (κ2) is 6.70. The number of nitrogens with zero attached hydrogens (tertiary/aromatic N) is 2. The normalized spacial score (nSPS) is 24.0. The summed E-state index contributed by atoms with van der Waals surface area (Å²) in [5.74, 6) is 0.898. The van der Waals surface area contributed by atoms with Gasteiger partial charge in [-0.1, -0.05) is 20.8 Å². The van der Waals surface area contributed by atoms with Crippen molar-refractivity contribution in [2.45, 2.75) is 72.4 Å². The molecule has 0 aromatic carbocycles. The number of rotatable bonds is 6. The molecule has 0 spiro atoms. The van der Waals surface area contributed by atoms with Crippen LogP contribution in [0.3, 0.4) is 0 Å². The number of hydrazone groups is 1. The Morgan fingerprint density at radius 3 is 1.95 bits per heavy atom. The fourth-order valence-electron chi connectivity index (χ4n) is 2.64. The maximum atomic E-state index is 6.11. The SMILES string of the molecule is CC/C(=N\N(C)C)[C@H](C)[C@H](C)CB1OC(C)(C)C(C)(C)O1. The smallest absolute Gasteiger partial charge is 0.403 e. The van der Waals surface area contributed by atoms with Crippen LogP contribution in [0.2, 0.25) is 6.32 Å². The number of hydrogen-bond acceptors (Lipinski definition) is 4. The monoisotopic (exact) mass is 296 g/mol. The summed E-state index contributed by atoms with van der Waals surface area (Å²) < 4.78 is 12.2. The molecule has 2 atom stereocenters. The molecule has 122 valence electrons. The molecule has 0 radical (unpaired) electrons. The first-order valence-corrected chi connectivity index (χ1v) is 8.10. The average Bonchev–Trinajstić information content (AvgIpc) is 2.53. The topological polar surface area (TPSA) is 34.1 Å². The van der Waals surface area contributed by atoms with Crippen molar-refractivity contribution in [1.82, 2.24) is 5.01 Å². The first kappa shape index (κ1) is 18.5. The second-order valence-corrected chi connectivity index (χ2v) is 7.48. The molecule has 0 unspecified atom stereocenters. The molecule has 0 aromatic heterocycles. The van der Waals surface area contributed by atoms with Gasteiger partial charge >= 0.3 is 7.12 Å². The molecule has 0 aliphatic carbocycles. The van der Waals surface area contributed by atoms with E-state index in [1.54, 1.807) is 0 Å². The molecule has 1 heterocycles. The van der Waals surface area contributed by atoms with Gasteiger partial charge in [0.15, 0.2) is 0 Å². The van der Waals surface area contributed by atoms with Crippen LogP contribution in [0.15, 0.2) is 5.10 Å². The van der Waals surface area contributed by atoms with Crippen LogP contribution < -0.4 is 0 Å². The van der Waals surface area contributed by atoms with E-state index >= 15 is 0 Å². The summed E-state index contributed by atoms with van der Waals surface area (Å²) in [4.78, 5) is 0. The van der Waals surface area contributed by atoms with Crippen LogP contribution in [-0.2, 0) is 9.31 Å². The van der Waals surface area contributed by atoms with Crippen LogP contribution in [0.25, 0.3) is 0 Å². The Morgan fingerprint density at radius 1 is 1.10 bits per heavy atom. The lowest BCUT2D eigenvalue weighted by atomic mass is 9.72. The van der Waals surface area contributed by atoms with Crippen LogP contribution >= 0.6 is 0 Å². The van der Waals surface area contributed by atoms with E-state index in [4.69, 9.17) is 9.31 Å². The average molecular weight is 296 g/mol. The Balaban J connectivity index is 2.68. The summed E-state index contributed by atoms with van der Waals surface area (Å²) in [6.45, 7) is 15.1. The predicted molar refractivity (Wildman–Crippen MR) is 90.6 cm³/mol.